The molecule has 1 heterocycles. The molecule has 1 saturated heterocycles. The van der Waals surface area contributed by atoms with Crippen LogP contribution >= 0.6 is 0 Å². The zero-order valence-electron chi connectivity index (χ0n) is 12.6. The molecule has 2 fully saturated rings. The molecule has 1 aliphatic heterocycles. The average Bonchev–Trinajstić information content (AvgIpc) is 2.52. The Balaban J connectivity index is 1.68. The molecule has 0 aromatic heterocycles. The number of hydrogen-bond donors (Lipinski definition) is 2. The summed E-state index contributed by atoms with van der Waals surface area (Å²) in [5.74, 6) is 0.323. The maximum absolute atomic E-state index is 12.4. The molecule has 21 heavy (non-hydrogen) atoms. The molecule has 1 aromatic carbocycles. The Hall–Kier alpha value is -1.59. The van der Waals surface area contributed by atoms with Crippen molar-refractivity contribution < 1.29 is 9.53 Å². The third kappa shape index (κ3) is 2.63. The standard InChI is InChI=1S/C16H23N3O2/c1-19(2)11-6-3-5-10(9-11)16(20)18-14-13(17)12-7-4-8-21-15(12)14/h3,5-6,9,12-15H,4,7-8,17H2,1-2H3,(H,18,20). The molecular formula is C16H23N3O2. The molecule has 1 aliphatic carbocycles. The Bertz CT molecular complexity index is 532. The van der Waals surface area contributed by atoms with Crippen molar-refractivity contribution >= 4 is 11.6 Å². The highest BCUT2D eigenvalue weighted by Gasteiger charge is 2.51. The molecule has 3 rings (SSSR count). The Morgan fingerprint density at radius 2 is 2.24 bits per heavy atom. The van der Waals surface area contributed by atoms with E-state index in [1.165, 1.54) is 0 Å². The second-order valence-corrected chi connectivity index (χ2v) is 6.16. The number of amides is 1. The number of nitrogens with zero attached hydrogens (tertiary/aromatic N) is 1. The van der Waals surface area contributed by atoms with Crippen molar-refractivity contribution in [1.82, 2.24) is 5.32 Å². The molecular weight excluding hydrogens is 266 g/mol. The van der Waals surface area contributed by atoms with E-state index in [4.69, 9.17) is 10.5 Å². The predicted molar refractivity (Wildman–Crippen MR) is 82.5 cm³/mol. The minimum absolute atomic E-state index is 0.0104. The smallest absolute Gasteiger partial charge is 0.251 e. The molecule has 1 amide bonds. The second kappa shape index (κ2) is 5.66. The Morgan fingerprint density at radius 3 is 3.00 bits per heavy atom. The van der Waals surface area contributed by atoms with E-state index in [1.807, 2.05) is 43.3 Å². The Morgan fingerprint density at radius 1 is 1.43 bits per heavy atom. The topological polar surface area (TPSA) is 67.6 Å². The number of rotatable bonds is 3. The fraction of sp³-hybridized carbons (Fsp3) is 0.562. The van der Waals surface area contributed by atoms with Gasteiger partial charge in [-0.05, 0) is 31.0 Å². The maximum Gasteiger partial charge on any atom is 0.251 e. The number of nitrogens with two attached hydrogens (primary N) is 1. The van der Waals surface area contributed by atoms with E-state index in [0.717, 1.165) is 25.1 Å². The van der Waals surface area contributed by atoms with Crippen molar-refractivity contribution in [2.75, 3.05) is 25.6 Å². The molecule has 5 heteroatoms. The molecule has 1 saturated carbocycles. The van der Waals surface area contributed by atoms with E-state index >= 15 is 0 Å². The van der Waals surface area contributed by atoms with Crippen LogP contribution in [0.25, 0.3) is 0 Å². The number of ether oxygens (including phenoxy) is 1. The first-order valence-electron chi connectivity index (χ1n) is 7.53. The van der Waals surface area contributed by atoms with Crippen LogP contribution in [0.5, 0.6) is 0 Å². The van der Waals surface area contributed by atoms with E-state index in [1.54, 1.807) is 0 Å². The molecule has 3 N–H and O–H groups in total. The van der Waals surface area contributed by atoms with Crippen LogP contribution in [0, 0.1) is 5.92 Å². The van der Waals surface area contributed by atoms with Crippen LogP contribution in [0.2, 0.25) is 0 Å². The maximum atomic E-state index is 12.4. The summed E-state index contributed by atoms with van der Waals surface area (Å²) in [5, 5.41) is 3.04. The Labute approximate surface area is 125 Å². The summed E-state index contributed by atoms with van der Waals surface area (Å²) < 4.78 is 5.76. The van der Waals surface area contributed by atoms with Gasteiger partial charge in [-0.3, -0.25) is 4.79 Å². The third-order valence-corrected chi connectivity index (χ3v) is 4.60. The van der Waals surface area contributed by atoms with Crippen LogP contribution in [0.1, 0.15) is 23.2 Å². The summed E-state index contributed by atoms with van der Waals surface area (Å²) in [6.07, 6.45) is 2.27. The van der Waals surface area contributed by atoms with Crippen molar-refractivity contribution in [3.05, 3.63) is 29.8 Å². The van der Waals surface area contributed by atoms with Gasteiger partial charge in [-0.2, -0.15) is 0 Å². The molecule has 0 spiro atoms. The lowest BCUT2D eigenvalue weighted by molar-refractivity contribution is -0.117. The molecule has 2 aliphatic rings. The first-order valence-corrected chi connectivity index (χ1v) is 7.53. The Kier molecular flexibility index (Phi) is 3.87. The third-order valence-electron chi connectivity index (χ3n) is 4.60. The lowest BCUT2D eigenvalue weighted by Gasteiger charge is -2.52. The number of nitrogens with one attached hydrogen (secondary N) is 1. The first-order chi connectivity index (χ1) is 10.1. The fourth-order valence-corrected chi connectivity index (χ4v) is 3.29. The zero-order chi connectivity index (χ0) is 15.0. The van der Waals surface area contributed by atoms with E-state index in [9.17, 15) is 4.79 Å². The highest BCUT2D eigenvalue weighted by atomic mass is 16.5. The highest BCUT2D eigenvalue weighted by molar-refractivity contribution is 5.95. The molecule has 1 aromatic rings. The van der Waals surface area contributed by atoms with Crippen molar-refractivity contribution in [2.45, 2.75) is 31.0 Å². The van der Waals surface area contributed by atoms with Gasteiger partial charge >= 0.3 is 0 Å². The van der Waals surface area contributed by atoms with Gasteiger partial charge in [0.05, 0.1) is 12.1 Å². The normalized spacial score (nSPS) is 31.0. The van der Waals surface area contributed by atoms with Gasteiger partial charge in [0.1, 0.15) is 0 Å². The number of fused-ring (bicyclic) bond motifs is 1. The number of benzene rings is 1. The minimum Gasteiger partial charge on any atom is -0.378 e. The fourth-order valence-electron chi connectivity index (χ4n) is 3.29. The summed E-state index contributed by atoms with van der Waals surface area (Å²) in [6.45, 7) is 0.774. The monoisotopic (exact) mass is 289 g/mol. The lowest BCUT2D eigenvalue weighted by atomic mass is 9.68. The summed E-state index contributed by atoms with van der Waals surface area (Å²) in [7, 11) is 3.92. The number of hydrogen-bond acceptors (Lipinski definition) is 4. The molecule has 5 nitrogen and oxygen atoms in total. The van der Waals surface area contributed by atoms with Crippen LogP contribution in [0.4, 0.5) is 5.69 Å². The van der Waals surface area contributed by atoms with Gasteiger partial charge in [0.2, 0.25) is 0 Å². The minimum atomic E-state index is -0.0771. The van der Waals surface area contributed by atoms with Gasteiger partial charge in [0, 0.05) is 43.9 Å². The van der Waals surface area contributed by atoms with E-state index in [2.05, 4.69) is 5.32 Å². The van der Waals surface area contributed by atoms with E-state index < -0.39 is 0 Å². The predicted octanol–water partition coefficient (Wildman–Crippen LogP) is 0.987. The number of carbonyl (C=O) groups is 1. The summed E-state index contributed by atoms with van der Waals surface area (Å²) in [6, 6.07) is 7.53. The lowest BCUT2D eigenvalue weighted by Crippen LogP contribution is -2.72. The SMILES string of the molecule is CN(C)c1cccc(C(=O)NC2C(N)C3CCCOC32)c1. The van der Waals surface area contributed by atoms with Crippen LogP contribution in [-0.4, -0.2) is 44.8 Å². The second-order valence-electron chi connectivity index (χ2n) is 6.16. The molecule has 4 unspecified atom stereocenters. The van der Waals surface area contributed by atoms with Crippen LogP contribution < -0.4 is 16.0 Å². The van der Waals surface area contributed by atoms with Gasteiger partial charge < -0.3 is 20.7 Å². The van der Waals surface area contributed by atoms with Crippen LogP contribution in [0.15, 0.2) is 24.3 Å². The largest absolute Gasteiger partial charge is 0.378 e. The van der Waals surface area contributed by atoms with Crippen molar-refractivity contribution in [3.8, 4) is 0 Å². The summed E-state index contributed by atoms with van der Waals surface area (Å²) in [5.41, 5.74) is 7.85. The summed E-state index contributed by atoms with van der Waals surface area (Å²) >= 11 is 0. The first kappa shape index (κ1) is 14.4. The molecule has 0 bridgehead atoms. The number of anilines is 1. The van der Waals surface area contributed by atoms with Gasteiger partial charge in [-0.15, -0.1) is 0 Å². The van der Waals surface area contributed by atoms with Crippen LogP contribution in [-0.2, 0) is 4.74 Å². The van der Waals surface area contributed by atoms with Crippen LogP contribution in [0.3, 0.4) is 0 Å². The van der Waals surface area contributed by atoms with E-state index in [-0.39, 0.29) is 24.1 Å². The number of carbonyl (C=O) groups excluding carboxylic acids is 1. The highest BCUT2D eigenvalue weighted by Crippen LogP contribution is 2.37. The van der Waals surface area contributed by atoms with Crippen molar-refractivity contribution in [2.24, 2.45) is 11.7 Å². The molecule has 0 radical (unpaired) electrons. The van der Waals surface area contributed by atoms with Gasteiger partial charge in [-0.1, -0.05) is 6.07 Å². The van der Waals surface area contributed by atoms with Crippen molar-refractivity contribution in [3.63, 3.8) is 0 Å². The van der Waals surface area contributed by atoms with Crippen molar-refractivity contribution in [1.29, 1.82) is 0 Å². The van der Waals surface area contributed by atoms with Gasteiger partial charge in [0.25, 0.3) is 5.91 Å². The molecule has 4 atom stereocenters. The molecule has 114 valence electrons. The summed E-state index contributed by atoms with van der Waals surface area (Å²) in [4.78, 5) is 14.4. The quantitative estimate of drug-likeness (QED) is 0.870. The average molecular weight is 289 g/mol. The van der Waals surface area contributed by atoms with E-state index in [0.29, 0.717) is 11.5 Å². The zero-order valence-corrected chi connectivity index (χ0v) is 12.6. The van der Waals surface area contributed by atoms with Gasteiger partial charge in [-0.25, -0.2) is 0 Å². The van der Waals surface area contributed by atoms with Gasteiger partial charge in [0.15, 0.2) is 0 Å².